The maximum Gasteiger partial charge on any atom is 0.0678 e. The zero-order valence-corrected chi connectivity index (χ0v) is 15.8. The van der Waals surface area contributed by atoms with E-state index in [1.54, 1.807) is 0 Å². The molecule has 0 spiro atoms. The smallest absolute Gasteiger partial charge is 0.0678 e. The van der Waals surface area contributed by atoms with Crippen molar-refractivity contribution in [3.63, 3.8) is 0 Å². The molecular weight excluding hydrogens is 312 g/mol. The lowest BCUT2D eigenvalue weighted by Gasteiger charge is -2.37. The molecule has 2 aliphatic heterocycles. The summed E-state index contributed by atoms with van der Waals surface area (Å²) in [5.41, 5.74) is 1.42. The average molecular weight is 347 g/mol. The number of ether oxygens (including phenoxy) is 1. The number of rotatable bonds is 7. The largest absolute Gasteiger partial charge is 0.396 e. The molecule has 0 unspecified atom stereocenters. The third-order valence-electron chi connectivity index (χ3n) is 5.66. The van der Waals surface area contributed by atoms with Gasteiger partial charge in [-0.3, -0.25) is 4.90 Å². The molecule has 1 aromatic carbocycles. The fraction of sp³-hybridized carbons (Fsp3) is 0.714. The van der Waals surface area contributed by atoms with Gasteiger partial charge in [0, 0.05) is 39.3 Å². The second-order valence-corrected chi connectivity index (χ2v) is 8.03. The summed E-state index contributed by atoms with van der Waals surface area (Å²) in [5, 5.41) is 9.82. The third kappa shape index (κ3) is 5.52. The Morgan fingerprint density at radius 1 is 0.960 bits per heavy atom. The molecule has 1 N–H and O–H groups in total. The summed E-state index contributed by atoms with van der Waals surface area (Å²) in [5.74, 6) is 1.00. The van der Waals surface area contributed by atoms with Gasteiger partial charge in [-0.2, -0.15) is 0 Å². The number of aryl methyl sites for hydroxylation is 1. The molecule has 0 radical (unpaired) electrons. The minimum atomic E-state index is 0.315. The monoisotopic (exact) mass is 346 g/mol. The number of aliphatic hydroxyl groups excluding tert-OH is 1. The van der Waals surface area contributed by atoms with Crippen molar-refractivity contribution in [1.29, 1.82) is 0 Å². The quantitative estimate of drug-likeness (QED) is 0.822. The van der Waals surface area contributed by atoms with Crippen molar-refractivity contribution in [3.05, 3.63) is 35.9 Å². The molecule has 0 amide bonds. The van der Waals surface area contributed by atoms with E-state index in [2.05, 4.69) is 54.0 Å². The van der Waals surface area contributed by atoms with Crippen LogP contribution in [0.3, 0.4) is 0 Å². The van der Waals surface area contributed by atoms with Crippen LogP contribution >= 0.6 is 0 Å². The van der Waals surface area contributed by atoms with Crippen LogP contribution in [0.15, 0.2) is 30.3 Å². The second kappa shape index (κ2) is 9.13. The Balaban J connectivity index is 1.45. The lowest BCUT2D eigenvalue weighted by molar-refractivity contribution is -0.0727. The molecule has 1 aromatic rings. The van der Waals surface area contributed by atoms with Crippen molar-refractivity contribution in [3.8, 4) is 0 Å². The van der Waals surface area contributed by atoms with Gasteiger partial charge in [-0.05, 0) is 50.6 Å². The van der Waals surface area contributed by atoms with Crippen LogP contribution in [-0.2, 0) is 11.2 Å². The first-order chi connectivity index (χ1) is 12.1. The summed E-state index contributed by atoms with van der Waals surface area (Å²) in [4.78, 5) is 5.10. The normalized spacial score (nSPS) is 31.5. The minimum absolute atomic E-state index is 0.315. The van der Waals surface area contributed by atoms with E-state index in [-0.39, 0.29) is 0 Å². The first-order valence-corrected chi connectivity index (χ1v) is 9.89. The summed E-state index contributed by atoms with van der Waals surface area (Å²) < 4.78 is 5.85. The predicted molar refractivity (Wildman–Crippen MR) is 102 cm³/mol. The Labute approximate surface area is 152 Å². The molecule has 0 aliphatic carbocycles. The van der Waals surface area contributed by atoms with E-state index in [4.69, 9.17) is 4.74 Å². The molecule has 25 heavy (non-hydrogen) atoms. The number of benzene rings is 1. The maximum absolute atomic E-state index is 9.82. The molecule has 3 rings (SSSR count). The topological polar surface area (TPSA) is 35.9 Å². The first kappa shape index (κ1) is 18.8. The van der Waals surface area contributed by atoms with E-state index in [0.29, 0.717) is 30.7 Å². The van der Waals surface area contributed by atoms with Crippen molar-refractivity contribution in [1.82, 2.24) is 9.80 Å². The van der Waals surface area contributed by atoms with Crippen LogP contribution < -0.4 is 0 Å². The molecule has 2 heterocycles. The highest BCUT2D eigenvalue weighted by Crippen LogP contribution is 2.25. The minimum Gasteiger partial charge on any atom is -0.396 e. The number of likely N-dealkylation sites (tertiary alicyclic amines) is 1. The van der Waals surface area contributed by atoms with Gasteiger partial charge in [0.25, 0.3) is 0 Å². The fourth-order valence-electron chi connectivity index (χ4n) is 4.55. The van der Waals surface area contributed by atoms with Gasteiger partial charge in [0.1, 0.15) is 0 Å². The molecule has 2 aliphatic rings. The van der Waals surface area contributed by atoms with Gasteiger partial charge in [0.05, 0.1) is 12.2 Å². The summed E-state index contributed by atoms with van der Waals surface area (Å²) in [6, 6.07) is 10.7. The molecule has 140 valence electrons. The highest BCUT2D eigenvalue weighted by Gasteiger charge is 2.34. The van der Waals surface area contributed by atoms with Crippen LogP contribution in [0.4, 0.5) is 0 Å². The van der Waals surface area contributed by atoms with E-state index in [1.165, 1.54) is 12.0 Å². The van der Waals surface area contributed by atoms with E-state index in [9.17, 15) is 5.11 Å². The Morgan fingerprint density at radius 3 is 2.32 bits per heavy atom. The van der Waals surface area contributed by atoms with Crippen LogP contribution in [0.2, 0.25) is 0 Å². The van der Waals surface area contributed by atoms with Gasteiger partial charge in [-0.1, -0.05) is 30.3 Å². The van der Waals surface area contributed by atoms with E-state index in [1.807, 2.05) is 0 Å². The van der Waals surface area contributed by atoms with Crippen LogP contribution in [0.25, 0.3) is 0 Å². The lowest BCUT2D eigenvalue weighted by atomic mass is 9.96. The van der Waals surface area contributed by atoms with Crippen molar-refractivity contribution in [2.45, 2.75) is 38.9 Å². The highest BCUT2D eigenvalue weighted by atomic mass is 16.5. The van der Waals surface area contributed by atoms with E-state index in [0.717, 1.165) is 45.7 Å². The molecule has 2 fully saturated rings. The molecule has 0 saturated carbocycles. The second-order valence-electron chi connectivity index (χ2n) is 8.03. The first-order valence-electron chi connectivity index (χ1n) is 9.89. The van der Waals surface area contributed by atoms with Gasteiger partial charge >= 0.3 is 0 Å². The maximum atomic E-state index is 9.82. The molecular formula is C21H34N2O2. The zero-order chi connectivity index (χ0) is 17.6. The lowest BCUT2D eigenvalue weighted by Crippen LogP contribution is -2.48. The number of nitrogens with zero attached hydrogens (tertiary/aromatic N) is 2. The van der Waals surface area contributed by atoms with Crippen molar-refractivity contribution in [2.75, 3.05) is 45.9 Å². The van der Waals surface area contributed by atoms with Crippen LogP contribution in [0, 0.1) is 11.8 Å². The number of aliphatic hydroxyl groups is 1. The molecule has 2 saturated heterocycles. The van der Waals surface area contributed by atoms with E-state index >= 15 is 0 Å². The Kier molecular flexibility index (Phi) is 6.88. The summed E-state index contributed by atoms with van der Waals surface area (Å²) in [6.45, 7) is 11.1. The standard InChI is InChI=1S/C21H34N2O2/c1-17-11-23(12-18(2)25-17)14-20-13-22(15-21(20)16-24)10-6-9-19-7-4-3-5-8-19/h3-5,7-8,17-18,20-21,24H,6,9-16H2,1-2H3/t17-,18+,20-,21+/m0/s1. The van der Waals surface area contributed by atoms with Crippen LogP contribution in [0.1, 0.15) is 25.8 Å². The van der Waals surface area contributed by atoms with Gasteiger partial charge < -0.3 is 14.7 Å². The van der Waals surface area contributed by atoms with Crippen molar-refractivity contribution >= 4 is 0 Å². The molecule has 0 bridgehead atoms. The van der Waals surface area contributed by atoms with Gasteiger partial charge in [-0.25, -0.2) is 0 Å². The average Bonchev–Trinajstić information content (AvgIpc) is 2.96. The Hall–Kier alpha value is -0.940. The number of hydrogen-bond acceptors (Lipinski definition) is 4. The van der Waals surface area contributed by atoms with Crippen LogP contribution in [-0.4, -0.2) is 73.0 Å². The number of morpholine rings is 1. The molecule has 4 atom stereocenters. The van der Waals surface area contributed by atoms with Gasteiger partial charge in [0.15, 0.2) is 0 Å². The zero-order valence-electron chi connectivity index (χ0n) is 15.8. The Morgan fingerprint density at radius 2 is 1.64 bits per heavy atom. The van der Waals surface area contributed by atoms with E-state index < -0.39 is 0 Å². The van der Waals surface area contributed by atoms with Gasteiger partial charge in [0.2, 0.25) is 0 Å². The SMILES string of the molecule is C[C@@H]1CN(C[C@@H]2CN(CCCc3ccccc3)C[C@@H]2CO)C[C@H](C)O1. The van der Waals surface area contributed by atoms with Gasteiger partial charge in [-0.15, -0.1) is 0 Å². The van der Waals surface area contributed by atoms with Crippen LogP contribution in [0.5, 0.6) is 0 Å². The third-order valence-corrected chi connectivity index (χ3v) is 5.66. The van der Waals surface area contributed by atoms with Crippen molar-refractivity contribution < 1.29 is 9.84 Å². The summed E-state index contributed by atoms with van der Waals surface area (Å²) in [7, 11) is 0. The molecule has 4 nitrogen and oxygen atoms in total. The highest BCUT2D eigenvalue weighted by molar-refractivity contribution is 5.14. The number of hydrogen-bond donors (Lipinski definition) is 1. The summed E-state index contributed by atoms with van der Waals surface area (Å²) >= 11 is 0. The molecule has 4 heteroatoms. The molecule has 0 aromatic heterocycles. The fourth-order valence-corrected chi connectivity index (χ4v) is 4.55. The van der Waals surface area contributed by atoms with Crippen molar-refractivity contribution in [2.24, 2.45) is 11.8 Å². The summed E-state index contributed by atoms with van der Waals surface area (Å²) in [6.07, 6.45) is 2.98. The Bertz CT molecular complexity index is 500. The predicted octanol–water partition coefficient (Wildman–Crippen LogP) is 2.27.